The summed E-state index contributed by atoms with van der Waals surface area (Å²) in [6.07, 6.45) is 5.10. The van der Waals surface area contributed by atoms with E-state index in [9.17, 15) is 19.5 Å². The molecule has 1 aromatic carbocycles. The number of ether oxygens (including phenoxy) is 1. The summed E-state index contributed by atoms with van der Waals surface area (Å²) in [6.45, 7) is 3.74. The van der Waals surface area contributed by atoms with E-state index in [1.807, 2.05) is 26.0 Å². The van der Waals surface area contributed by atoms with Crippen molar-refractivity contribution < 1.29 is 24.2 Å². The molecule has 0 fully saturated rings. The molecule has 2 rings (SSSR count). The summed E-state index contributed by atoms with van der Waals surface area (Å²) in [7, 11) is 0. The molecule has 1 amide bonds. The van der Waals surface area contributed by atoms with Gasteiger partial charge in [0.2, 0.25) is 5.91 Å². The van der Waals surface area contributed by atoms with Crippen molar-refractivity contribution in [1.82, 2.24) is 0 Å². The SMILES string of the molecule is CC[C@@H](C)OC(=O)[C@H]1CC=CC[C@@H]1C(=O)Nc1ccccc1C(=O)O. The van der Waals surface area contributed by atoms with E-state index in [1.54, 1.807) is 12.1 Å². The number of allylic oxidation sites excluding steroid dienone is 2. The predicted octanol–water partition coefficient (Wildman–Crippen LogP) is 3.25. The molecule has 0 saturated carbocycles. The van der Waals surface area contributed by atoms with E-state index in [0.717, 1.165) is 0 Å². The van der Waals surface area contributed by atoms with Gasteiger partial charge >= 0.3 is 11.9 Å². The number of aromatic carboxylic acids is 1. The van der Waals surface area contributed by atoms with Gasteiger partial charge in [0.05, 0.1) is 29.2 Å². The minimum atomic E-state index is -1.12. The summed E-state index contributed by atoms with van der Waals surface area (Å²) in [5.41, 5.74) is 0.240. The van der Waals surface area contributed by atoms with Crippen LogP contribution in [0.4, 0.5) is 5.69 Å². The Kier molecular flexibility index (Phi) is 6.33. The van der Waals surface area contributed by atoms with Crippen LogP contribution in [0.3, 0.4) is 0 Å². The number of amides is 1. The van der Waals surface area contributed by atoms with Gasteiger partial charge in [0, 0.05) is 0 Å². The highest BCUT2D eigenvalue weighted by Crippen LogP contribution is 2.29. The molecular weight excluding hydrogens is 322 g/mol. The molecule has 0 saturated heterocycles. The Balaban J connectivity index is 2.15. The van der Waals surface area contributed by atoms with E-state index in [-0.39, 0.29) is 29.2 Å². The second-order valence-corrected chi connectivity index (χ2v) is 6.15. The fourth-order valence-electron chi connectivity index (χ4n) is 2.74. The lowest BCUT2D eigenvalue weighted by Crippen LogP contribution is -2.37. The molecule has 2 N–H and O–H groups in total. The minimum absolute atomic E-state index is 0.0148. The number of carboxylic acid groups (broad SMARTS) is 1. The van der Waals surface area contributed by atoms with Crippen LogP contribution in [0.15, 0.2) is 36.4 Å². The summed E-state index contributed by atoms with van der Waals surface area (Å²) in [6, 6.07) is 6.20. The van der Waals surface area contributed by atoms with Crippen molar-refractivity contribution >= 4 is 23.5 Å². The van der Waals surface area contributed by atoms with E-state index in [0.29, 0.717) is 19.3 Å². The minimum Gasteiger partial charge on any atom is -0.478 e. The maximum atomic E-state index is 12.7. The Labute approximate surface area is 146 Å². The van der Waals surface area contributed by atoms with Crippen LogP contribution < -0.4 is 5.32 Å². The van der Waals surface area contributed by atoms with Crippen molar-refractivity contribution in [3.63, 3.8) is 0 Å². The number of benzene rings is 1. The van der Waals surface area contributed by atoms with E-state index < -0.39 is 17.8 Å². The van der Waals surface area contributed by atoms with Gasteiger partial charge in [-0.05, 0) is 38.3 Å². The Morgan fingerprint density at radius 1 is 1.20 bits per heavy atom. The Morgan fingerprint density at radius 3 is 2.48 bits per heavy atom. The van der Waals surface area contributed by atoms with Crippen LogP contribution in [0.5, 0.6) is 0 Å². The monoisotopic (exact) mass is 345 g/mol. The maximum absolute atomic E-state index is 12.7. The molecule has 0 bridgehead atoms. The van der Waals surface area contributed by atoms with Gasteiger partial charge in [0.1, 0.15) is 0 Å². The van der Waals surface area contributed by atoms with Gasteiger partial charge < -0.3 is 15.2 Å². The molecule has 134 valence electrons. The molecule has 0 aliphatic heterocycles. The number of rotatable bonds is 6. The number of hydrogen-bond acceptors (Lipinski definition) is 4. The zero-order chi connectivity index (χ0) is 18.4. The second kappa shape index (κ2) is 8.46. The topological polar surface area (TPSA) is 92.7 Å². The van der Waals surface area contributed by atoms with E-state index in [2.05, 4.69) is 5.32 Å². The van der Waals surface area contributed by atoms with Crippen molar-refractivity contribution in [1.29, 1.82) is 0 Å². The van der Waals surface area contributed by atoms with E-state index >= 15 is 0 Å². The summed E-state index contributed by atoms with van der Waals surface area (Å²) in [5.74, 6) is -3.01. The molecule has 1 aliphatic rings. The number of carbonyl (C=O) groups excluding carboxylic acids is 2. The van der Waals surface area contributed by atoms with Crippen LogP contribution in [0.1, 0.15) is 43.5 Å². The molecule has 25 heavy (non-hydrogen) atoms. The fraction of sp³-hybridized carbons (Fsp3) is 0.421. The van der Waals surface area contributed by atoms with Crippen LogP contribution in [0.2, 0.25) is 0 Å². The van der Waals surface area contributed by atoms with Crippen LogP contribution in [-0.2, 0) is 14.3 Å². The third-order valence-corrected chi connectivity index (χ3v) is 4.38. The molecule has 1 aliphatic carbocycles. The van der Waals surface area contributed by atoms with Crippen molar-refractivity contribution in [2.24, 2.45) is 11.8 Å². The Morgan fingerprint density at radius 2 is 1.84 bits per heavy atom. The summed E-state index contributed by atoms with van der Waals surface area (Å²) >= 11 is 0. The Hall–Kier alpha value is -2.63. The molecule has 3 atom stereocenters. The van der Waals surface area contributed by atoms with Gasteiger partial charge in [-0.25, -0.2) is 4.79 Å². The average Bonchev–Trinajstić information content (AvgIpc) is 2.61. The molecule has 0 aromatic heterocycles. The Bertz CT molecular complexity index is 682. The molecule has 1 aromatic rings. The van der Waals surface area contributed by atoms with Gasteiger partial charge in [-0.15, -0.1) is 0 Å². The lowest BCUT2D eigenvalue weighted by Gasteiger charge is -2.27. The van der Waals surface area contributed by atoms with Crippen molar-refractivity contribution in [2.75, 3.05) is 5.32 Å². The fourth-order valence-corrected chi connectivity index (χ4v) is 2.74. The van der Waals surface area contributed by atoms with Gasteiger partial charge in [-0.2, -0.15) is 0 Å². The van der Waals surface area contributed by atoms with Gasteiger partial charge in [0.25, 0.3) is 0 Å². The number of nitrogens with one attached hydrogen (secondary N) is 1. The first-order valence-electron chi connectivity index (χ1n) is 8.42. The molecule has 0 radical (unpaired) electrons. The molecule has 6 heteroatoms. The highest BCUT2D eigenvalue weighted by molar-refractivity contribution is 6.02. The van der Waals surface area contributed by atoms with Crippen LogP contribution in [0.25, 0.3) is 0 Å². The number of anilines is 1. The molecule has 6 nitrogen and oxygen atoms in total. The lowest BCUT2D eigenvalue weighted by molar-refractivity contribution is -0.157. The van der Waals surface area contributed by atoms with Crippen molar-refractivity contribution in [3.05, 3.63) is 42.0 Å². The normalized spacial score (nSPS) is 20.6. The first kappa shape index (κ1) is 18.7. The third kappa shape index (κ3) is 4.68. The number of hydrogen-bond donors (Lipinski definition) is 2. The lowest BCUT2D eigenvalue weighted by atomic mass is 9.82. The van der Waals surface area contributed by atoms with Gasteiger partial charge in [-0.1, -0.05) is 31.2 Å². The summed E-state index contributed by atoms with van der Waals surface area (Å²) in [4.78, 5) is 36.3. The molecule has 0 spiro atoms. The van der Waals surface area contributed by atoms with Crippen molar-refractivity contribution in [3.8, 4) is 0 Å². The zero-order valence-corrected chi connectivity index (χ0v) is 14.4. The molecule has 0 heterocycles. The smallest absolute Gasteiger partial charge is 0.337 e. The van der Waals surface area contributed by atoms with Gasteiger partial charge in [0.15, 0.2) is 0 Å². The largest absolute Gasteiger partial charge is 0.478 e. The standard InChI is InChI=1S/C19H23NO5/c1-3-12(2)25-19(24)14-9-5-4-8-13(14)17(21)20-16-11-7-6-10-15(16)18(22)23/h4-7,10-14H,3,8-9H2,1-2H3,(H,20,21)(H,22,23)/t12-,13+,14+/m1/s1. The van der Waals surface area contributed by atoms with Crippen molar-refractivity contribution in [2.45, 2.75) is 39.2 Å². The highest BCUT2D eigenvalue weighted by Gasteiger charge is 2.36. The van der Waals surface area contributed by atoms with E-state index in [4.69, 9.17) is 4.74 Å². The number of para-hydroxylation sites is 1. The number of carbonyl (C=O) groups is 3. The second-order valence-electron chi connectivity index (χ2n) is 6.15. The average molecular weight is 345 g/mol. The first-order valence-corrected chi connectivity index (χ1v) is 8.42. The summed E-state index contributed by atoms with van der Waals surface area (Å²) in [5, 5.41) is 11.9. The maximum Gasteiger partial charge on any atom is 0.337 e. The molecular formula is C19H23NO5. The zero-order valence-electron chi connectivity index (χ0n) is 14.4. The first-order chi connectivity index (χ1) is 11.9. The quantitative estimate of drug-likeness (QED) is 0.610. The van der Waals surface area contributed by atoms with Crippen LogP contribution in [-0.4, -0.2) is 29.1 Å². The number of esters is 1. The summed E-state index contributed by atoms with van der Waals surface area (Å²) < 4.78 is 5.38. The van der Waals surface area contributed by atoms with Crippen LogP contribution >= 0.6 is 0 Å². The van der Waals surface area contributed by atoms with Crippen LogP contribution in [0, 0.1) is 11.8 Å². The third-order valence-electron chi connectivity index (χ3n) is 4.38. The highest BCUT2D eigenvalue weighted by atomic mass is 16.5. The molecule has 0 unspecified atom stereocenters. The van der Waals surface area contributed by atoms with Gasteiger partial charge in [-0.3, -0.25) is 9.59 Å². The number of carboxylic acids is 1. The van der Waals surface area contributed by atoms with E-state index in [1.165, 1.54) is 12.1 Å². The predicted molar refractivity (Wildman–Crippen MR) is 93.2 cm³/mol.